The predicted octanol–water partition coefficient (Wildman–Crippen LogP) is 4.69. The summed E-state index contributed by atoms with van der Waals surface area (Å²) in [7, 11) is 0. The van der Waals surface area contributed by atoms with Gasteiger partial charge in [-0.25, -0.2) is 0 Å². The average molecular weight is 386 g/mol. The molecule has 0 radical (unpaired) electrons. The molecule has 0 saturated heterocycles. The number of nitrogens with zero attached hydrogens (tertiary/aromatic N) is 2. The van der Waals surface area contributed by atoms with Crippen LogP contribution >= 0.6 is 0 Å². The highest BCUT2D eigenvalue weighted by Crippen LogP contribution is 2.49. The first-order chi connectivity index (χ1) is 13.4. The molecule has 0 spiro atoms. The van der Waals surface area contributed by atoms with Crippen LogP contribution in [0.25, 0.3) is 11.1 Å². The minimum Gasteiger partial charge on any atom is -0.406 e. The average Bonchev–Trinajstić information content (AvgIpc) is 3.53. The van der Waals surface area contributed by atoms with Gasteiger partial charge in [0.05, 0.1) is 5.69 Å². The maximum absolute atomic E-state index is 12.3. The van der Waals surface area contributed by atoms with Crippen molar-refractivity contribution >= 4 is 0 Å². The summed E-state index contributed by atoms with van der Waals surface area (Å²) in [5.74, 6) is -0.186. The van der Waals surface area contributed by atoms with Crippen LogP contribution in [0.15, 0.2) is 67.1 Å². The summed E-state index contributed by atoms with van der Waals surface area (Å²) in [6.45, 7) is 0. The van der Waals surface area contributed by atoms with E-state index in [0.717, 1.165) is 18.4 Å². The molecule has 28 heavy (non-hydrogen) atoms. The fourth-order valence-electron chi connectivity index (χ4n) is 3.32. The fourth-order valence-corrected chi connectivity index (χ4v) is 3.32. The number of hydrogen-bond acceptors (Lipinski definition) is 4. The Kier molecular flexibility index (Phi) is 4.55. The summed E-state index contributed by atoms with van der Waals surface area (Å²) < 4.78 is 40.7. The Morgan fingerprint density at radius 3 is 2.18 bits per heavy atom. The lowest BCUT2D eigenvalue weighted by atomic mass is 9.86. The molecule has 1 aromatic carbocycles. The molecule has 4 nitrogen and oxygen atoms in total. The third kappa shape index (κ3) is 3.71. The van der Waals surface area contributed by atoms with E-state index < -0.39 is 12.0 Å². The van der Waals surface area contributed by atoms with Gasteiger partial charge in [-0.2, -0.15) is 0 Å². The zero-order valence-corrected chi connectivity index (χ0v) is 14.7. The van der Waals surface area contributed by atoms with Crippen LogP contribution in [0.5, 0.6) is 5.75 Å². The molecule has 3 aromatic rings. The van der Waals surface area contributed by atoms with Gasteiger partial charge in [0.25, 0.3) is 0 Å². The maximum Gasteiger partial charge on any atom is 0.573 e. The first-order valence-electron chi connectivity index (χ1n) is 8.82. The molecule has 144 valence electrons. The van der Waals surface area contributed by atoms with Crippen LogP contribution in [0.2, 0.25) is 0 Å². The molecular weight excluding hydrogens is 369 g/mol. The molecule has 1 saturated carbocycles. The lowest BCUT2D eigenvalue weighted by Crippen LogP contribution is -2.31. The van der Waals surface area contributed by atoms with Gasteiger partial charge in [-0.3, -0.25) is 9.97 Å². The van der Waals surface area contributed by atoms with E-state index >= 15 is 0 Å². The van der Waals surface area contributed by atoms with Crippen molar-refractivity contribution in [2.24, 2.45) is 5.92 Å². The van der Waals surface area contributed by atoms with Crippen LogP contribution in [0.1, 0.15) is 24.1 Å². The molecule has 2 heterocycles. The van der Waals surface area contributed by atoms with Gasteiger partial charge in [0.1, 0.15) is 11.4 Å². The van der Waals surface area contributed by atoms with E-state index in [1.165, 1.54) is 24.3 Å². The highest BCUT2D eigenvalue weighted by atomic mass is 19.4. The fraction of sp³-hybridized carbons (Fsp3) is 0.238. The summed E-state index contributed by atoms with van der Waals surface area (Å²) in [4.78, 5) is 8.56. The van der Waals surface area contributed by atoms with Crippen LogP contribution in [-0.4, -0.2) is 21.4 Å². The standard InChI is InChI=1S/C21H17F3N2O2/c22-21(23,24)28-18-8-3-14(4-9-18)15-5-10-19(26-12-15)20(27,16-6-7-16)17-2-1-11-25-13-17/h1-5,8-13,16,27H,6-7H2. The lowest BCUT2D eigenvalue weighted by molar-refractivity contribution is -0.274. The third-order valence-electron chi connectivity index (χ3n) is 4.85. The molecule has 0 aliphatic heterocycles. The molecule has 1 N–H and O–H groups in total. The summed E-state index contributed by atoms with van der Waals surface area (Å²) in [5.41, 5.74) is 1.46. The normalized spacial score (nSPS) is 16.4. The Labute approximate surface area is 159 Å². The molecule has 1 atom stereocenters. The van der Waals surface area contributed by atoms with Crippen LogP contribution in [-0.2, 0) is 5.60 Å². The highest BCUT2D eigenvalue weighted by molar-refractivity contribution is 5.63. The van der Waals surface area contributed by atoms with Crippen molar-refractivity contribution in [3.63, 3.8) is 0 Å². The van der Waals surface area contributed by atoms with Gasteiger partial charge in [0, 0.05) is 29.7 Å². The summed E-state index contributed by atoms with van der Waals surface area (Å²) in [6, 6.07) is 12.7. The molecule has 7 heteroatoms. The second-order valence-electron chi connectivity index (χ2n) is 6.79. The van der Waals surface area contributed by atoms with Crippen molar-refractivity contribution in [1.82, 2.24) is 9.97 Å². The van der Waals surface area contributed by atoms with E-state index in [1.54, 1.807) is 36.8 Å². The monoisotopic (exact) mass is 386 g/mol. The minimum absolute atomic E-state index is 0.0915. The summed E-state index contributed by atoms with van der Waals surface area (Å²) in [5, 5.41) is 11.4. The Bertz CT molecular complexity index is 940. The highest BCUT2D eigenvalue weighted by Gasteiger charge is 2.47. The van der Waals surface area contributed by atoms with Crippen molar-refractivity contribution in [1.29, 1.82) is 0 Å². The van der Waals surface area contributed by atoms with Gasteiger partial charge in [-0.05, 0) is 48.6 Å². The van der Waals surface area contributed by atoms with Crippen molar-refractivity contribution in [2.45, 2.75) is 24.8 Å². The molecular formula is C21H17F3N2O2. The molecule has 1 aliphatic carbocycles. The number of benzene rings is 1. The van der Waals surface area contributed by atoms with Gasteiger partial charge in [0.2, 0.25) is 0 Å². The zero-order chi connectivity index (χ0) is 19.8. The zero-order valence-electron chi connectivity index (χ0n) is 14.7. The number of hydrogen-bond donors (Lipinski definition) is 1. The number of rotatable bonds is 5. The van der Waals surface area contributed by atoms with E-state index in [2.05, 4.69) is 14.7 Å². The van der Waals surface area contributed by atoms with E-state index in [1.807, 2.05) is 6.07 Å². The van der Waals surface area contributed by atoms with E-state index in [9.17, 15) is 18.3 Å². The Morgan fingerprint density at radius 1 is 0.929 bits per heavy atom. The minimum atomic E-state index is -4.72. The molecule has 2 aromatic heterocycles. The molecule has 0 bridgehead atoms. The Hall–Kier alpha value is -2.93. The smallest absolute Gasteiger partial charge is 0.406 e. The number of halogens is 3. The molecule has 1 unspecified atom stereocenters. The number of pyridine rings is 2. The molecule has 0 amide bonds. The van der Waals surface area contributed by atoms with Crippen molar-refractivity contribution in [3.8, 4) is 16.9 Å². The lowest BCUT2D eigenvalue weighted by Gasteiger charge is -2.28. The van der Waals surface area contributed by atoms with Gasteiger partial charge in [-0.1, -0.05) is 24.3 Å². The van der Waals surface area contributed by atoms with E-state index in [-0.39, 0.29) is 11.7 Å². The van der Waals surface area contributed by atoms with Crippen LogP contribution in [0.3, 0.4) is 0 Å². The van der Waals surface area contributed by atoms with Crippen molar-refractivity contribution in [2.75, 3.05) is 0 Å². The second-order valence-corrected chi connectivity index (χ2v) is 6.79. The van der Waals surface area contributed by atoms with Crippen molar-refractivity contribution < 1.29 is 23.0 Å². The van der Waals surface area contributed by atoms with Gasteiger partial charge < -0.3 is 9.84 Å². The number of aliphatic hydroxyl groups is 1. The number of alkyl halides is 3. The van der Waals surface area contributed by atoms with E-state index in [0.29, 0.717) is 16.8 Å². The Morgan fingerprint density at radius 2 is 1.64 bits per heavy atom. The maximum atomic E-state index is 12.3. The van der Waals surface area contributed by atoms with Crippen molar-refractivity contribution in [3.05, 3.63) is 78.4 Å². The Balaban J connectivity index is 1.60. The quantitative estimate of drug-likeness (QED) is 0.691. The molecule has 4 rings (SSSR count). The largest absolute Gasteiger partial charge is 0.573 e. The number of ether oxygens (including phenoxy) is 1. The van der Waals surface area contributed by atoms with Crippen LogP contribution < -0.4 is 4.74 Å². The van der Waals surface area contributed by atoms with Crippen LogP contribution in [0.4, 0.5) is 13.2 Å². The first-order valence-corrected chi connectivity index (χ1v) is 8.82. The second kappa shape index (κ2) is 6.91. The third-order valence-corrected chi connectivity index (χ3v) is 4.85. The van der Waals surface area contributed by atoms with Gasteiger partial charge in [0.15, 0.2) is 0 Å². The summed E-state index contributed by atoms with van der Waals surface area (Å²) >= 11 is 0. The predicted molar refractivity (Wildman–Crippen MR) is 96.3 cm³/mol. The molecule has 1 aliphatic rings. The molecule has 1 fully saturated rings. The SMILES string of the molecule is OC(c1cccnc1)(c1ccc(-c2ccc(OC(F)(F)F)cc2)cn1)C1CC1. The summed E-state index contributed by atoms with van der Waals surface area (Å²) in [6.07, 6.45) is 2.01. The van der Waals surface area contributed by atoms with Gasteiger partial charge >= 0.3 is 6.36 Å². The van der Waals surface area contributed by atoms with E-state index in [4.69, 9.17) is 0 Å². The number of aromatic nitrogens is 2. The topological polar surface area (TPSA) is 55.2 Å². The van der Waals surface area contributed by atoms with Crippen LogP contribution in [0, 0.1) is 5.92 Å². The van der Waals surface area contributed by atoms with Gasteiger partial charge in [-0.15, -0.1) is 13.2 Å². The first kappa shape index (κ1) is 18.4.